The second-order valence-electron chi connectivity index (χ2n) is 6.10. The average Bonchev–Trinajstić information content (AvgIpc) is 2.80. The standard InChI is InChI=1S/C15H16N2O2/c18-17(19)12-1-2-13-14(8-16-15(13)7-12)11-5-9-3-10(4-9)6-11/h1-2,7-11,16H,3-6H2. The van der Waals surface area contributed by atoms with Crippen molar-refractivity contribution in [2.24, 2.45) is 11.8 Å². The Labute approximate surface area is 111 Å². The first-order valence-corrected chi connectivity index (χ1v) is 6.96. The Bertz CT molecular complexity index is 645. The van der Waals surface area contributed by atoms with Crippen LogP contribution >= 0.6 is 0 Å². The van der Waals surface area contributed by atoms with E-state index in [2.05, 4.69) is 11.2 Å². The number of nitro benzene ring substituents is 1. The smallest absolute Gasteiger partial charge is 0.271 e. The van der Waals surface area contributed by atoms with E-state index >= 15 is 0 Å². The van der Waals surface area contributed by atoms with Crippen LogP contribution in [0.3, 0.4) is 0 Å². The van der Waals surface area contributed by atoms with Crippen molar-refractivity contribution in [1.29, 1.82) is 0 Å². The minimum atomic E-state index is -0.338. The van der Waals surface area contributed by atoms with Crippen LogP contribution in [0.4, 0.5) is 5.69 Å². The minimum Gasteiger partial charge on any atom is -0.361 e. The molecule has 19 heavy (non-hydrogen) atoms. The Hall–Kier alpha value is -1.84. The molecule has 1 heterocycles. The number of aromatic nitrogens is 1. The summed E-state index contributed by atoms with van der Waals surface area (Å²) in [5.74, 6) is 2.49. The molecular weight excluding hydrogens is 240 g/mol. The fourth-order valence-electron chi connectivity index (χ4n) is 4.00. The number of nitrogens with one attached hydrogen (secondary N) is 1. The van der Waals surface area contributed by atoms with Gasteiger partial charge < -0.3 is 4.98 Å². The number of benzene rings is 1. The SMILES string of the molecule is O=[N+]([O-])c1ccc2c(C3CC4CC(C4)C3)c[nH]c2c1. The Morgan fingerprint density at radius 2 is 1.89 bits per heavy atom. The van der Waals surface area contributed by atoms with Gasteiger partial charge in [-0.15, -0.1) is 0 Å². The molecule has 0 unspecified atom stereocenters. The first-order chi connectivity index (χ1) is 9.20. The van der Waals surface area contributed by atoms with Gasteiger partial charge in [0.25, 0.3) is 5.69 Å². The van der Waals surface area contributed by atoms with Crippen molar-refractivity contribution < 1.29 is 4.92 Å². The Morgan fingerprint density at radius 1 is 1.16 bits per heavy atom. The Kier molecular flexibility index (Phi) is 2.22. The number of hydrogen-bond donors (Lipinski definition) is 1. The summed E-state index contributed by atoms with van der Waals surface area (Å²) in [5.41, 5.74) is 2.41. The van der Waals surface area contributed by atoms with Crippen LogP contribution in [0.15, 0.2) is 24.4 Å². The van der Waals surface area contributed by atoms with E-state index in [1.165, 1.54) is 31.2 Å². The van der Waals surface area contributed by atoms with E-state index in [1.807, 2.05) is 6.07 Å². The molecule has 2 bridgehead atoms. The zero-order valence-electron chi connectivity index (χ0n) is 10.6. The molecule has 1 aromatic carbocycles. The summed E-state index contributed by atoms with van der Waals surface area (Å²) in [6, 6.07) is 5.16. The van der Waals surface area contributed by atoms with Gasteiger partial charge in [0.1, 0.15) is 0 Å². The normalized spacial score (nSPS) is 29.2. The highest BCUT2D eigenvalue weighted by atomic mass is 16.6. The van der Waals surface area contributed by atoms with Crippen molar-refractivity contribution in [1.82, 2.24) is 4.98 Å². The van der Waals surface area contributed by atoms with Crippen LogP contribution in [0.5, 0.6) is 0 Å². The van der Waals surface area contributed by atoms with E-state index in [4.69, 9.17) is 0 Å². The summed E-state index contributed by atoms with van der Waals surface area (Å²) >= 11 is 0. The molecule has 0 amide bonds. The molecule has 4 heteroatoms. The fourth-order valence-corrected chi connectivity index (χ4v) is 4.00. The molecule has 1 N–H and O–H groups in total. The summed E-state index contributed by atoms with van der Waals surface area (Å²) in [7, 11) is 0. The van der Waals surface area contributed by atoms with Crippen molar-refractivity contribution in [2.45, 2.75) is 31.6 Å². The number of aromatic amines is 1. The Balaban J connectivity index is 1.73. The molecule has 0 radical (unpaired) electrons. The number of nitro groups is 1. The van der Waals surface area contributed by atoms with Gasteiger partial charge in [-0.1, -0.05) is 0 Å². The molecule has 3 aliphatic rings. The van der Waals surface area contributed by atoms with Crippen LogP contribution < -0.4 is 0 Å². The maximum absolute atomic E-state index is 10.8. The van der Waals surface area contributed by atoms with E-state index in [0.29, 0.717) is 5.92 Å². The summed E-state index contributed by atoms with van der Waals surface area (Å²) in [5, 5.41) is 12.0. The monoisotopic (exact) mass is 256 g/mol. The van der Waals surface area contributed by atoms with E-state index in [9.17, 15) is 10.1 Å². The molecule has 5 rings (SSSR count). The van der Waals surface area contributed by atoms with Gasteiger partial charge in [0.2, 0.25) is 0 Å². The third-order valence-corrected chi connectivity index (χ3v) is 4.92. The first-order valence-electron chi connectivity index (χ1n) is 6.96. The molecule has 0 spiro atoms. The molecule has 2 aromatic rings. The lowest BCUT2D eigenvalue weighted by Crippen LogP contribution is -2.32. The topological polar surface area (TPSA) is 58.9 Å². The molecule has 1 aromatic heterocycles. The first kappa shape index (κ1) is 11.0. The Morgan fingerprint density at radius 3 is 2.58 bits per heavy atom. The van der Waals surface area contributed by atoms with Crippen molar-refractivity contribution in [3.8, 4) is 0 Å². The molecular formula is C15H16N2O2. The van der Waals surface area contributed by atoms with Gasteiger partial charge in [0.15, 0.2) is 0 Å². The summed E-state index contributed by atoms with van der Waals surface area (Å²) in [4.78, 5) is 13.7. The molecule has 4 nitrogen and oxygen atoms in total. The predicted octanol–water partition coefficient (Wildman–Crippen LogP) is 3.98. The van der Waals surface area contributed by atoms with Gasteiger partial charge in [-0.3, -0.25) is 10.1 Å². The quantitative estimate of drug-likeness (QED) is 0.652. The summed E-state index contributed by atoms with van der Waals surface area (Å²) in [6.45, 7) is 0. The number of rotatable bonds is 2. The molecule has 0 saturated heterocycles. The molecule has 3 aliphatic carbocycles. The lowest BCUT2D eigenvalue weighted by Gasteiger charge is -2.45. The lowest BCUT2D eigenvalue weighted by molar-refractivity contribution is -0.384. The largest absolute Gasteiger partial charge is 0.361 e. The van der Waals surface area contributed by atoms with Crippen LogP contribution in [0.2, 0.25) is 0 Å². The van der Waals surface area contributed by atoms with Crippen LogP contribution in [-0.2, 0) is 0 Å². The molecule has 98 valence electrons. The highest BCUT2D eigenvalue weighted by molar-refractivity contribution is 5.85. The highest BCUT2D eigenvalue weighted by Gasteiger charge is 2.39. The van der Waals surface area contributed by atoms with E-state index in [1.54, 1.807) is 12.1 Å². The van der Waals surface area contributed by atoms with Crippen molar-refractivity contribution in [3.05, 3.63) is 40.1 Å². The predicted molar refractivity (Wildman–Crippen MR) is 73.1 cm³/mol. The second-order valence-corrected chi connectivity index (χ2v) is 6.10. The molecule has 3 fully saturated rings. The fraction of sp³-hybridized carbons (Fsp3) is 0.467. The number of nitrogens with zero attached hydrogens (tertiary/aromatic N) is 1. The maximum atomic E-state index is 10.8. The van der Waals surface area contributed by atoms with E-state index in [-0.39, 0.29) is 10.6 Å². The van der Waals surface area contributed by atoms with Gasteiger partial charge in [-0.05, 0) is 55.1 Å². The average molecular weight is 256 g/mol. The number of fused-ring (bicyclic) bond motifs is 3. The van der Waals surface area contributed by atoms with Crippen LogP contribution in [0.25, 0.3) is 10.9 Å². The highest BCUT2D eigenvalue weighted by Crippen LogP contribution is 2.52. The third-order valence-electron chi connectivity index (χ3n) is 4.92. The lowest BCUT2D eigenvalue weighted by atomic mass is 9.60. The molecule has 0 atom stereocenters. The summed E-state index contributed by atoms with van der Waals surface area (Å²) < 4.78 is 0. The van der Waals surface area contributed by atoms with Crippen molar-refractivity contribution in [2.75, 3.05) is 0 Å². The number of hydrogen-bond acceptors (Lipinski definition) is 2. The van der Waals surface area contributed by atoms with Crippen LogP contribution in [0.1, 0.15) is 37.2 Å². The number of H-pyrrole nitrogens is 1. The van der Waals surface area contributed by atoms with Crippen LogP contribution in [0, 0.1) is 22.0 Å². The van der Waals surface area contributed by atoms with Crippen molar-refractivity contribution in [3.63, 3.8) is 0 Å². The van der Waals surface area contributed by atoms with E-state index < -0.39 is 0 Å². The van der Waals surface area contributed by atoms with Gasteiger partial charge >= 0.3 is 0 Å². The van der Waals surface area contributed by atoms with Crippen molar-refractivity contribution >= 4 is 16.6 Å². The zero-order chi connectivity index (χ0) is 13.0. The van der Waals surface area contributed by atoms with E-state index in [0.717, 1.165) is 22.7 Å². The number of non-ortho nitro benzene ring substituents is 1. The van der Waals surface area contributed by atoms with Gasteiger partial charge in [-0.2, -0.15) is 0 Å². The minimum absolute atomic E-state index is 0.160. The van der Waals surface area contributed by atoms with Gasteiger partial charge in [0, 0.05) is 23.7 Å². The van der Waals surface area contributed by atoms with Crippen LogP contribution in [-0.4, -0.2) is 9.91 Å². The van der Waals surface area contributed by atoms with Gasteiger partial charge in [-0.25, -0.2) is 0 Å². The summed E-state index contributed by atoms with van der Waals surface area (Å²) in [6.07, 6.45) is 7.49. The maximum Gasteiger partial charge on any atom is 0.271 e. The molecule has 0 aliphatic heterocycles. The third kappa shape index (κ3) is 1.66. The molecule has 3 saturated carbocycles. The zero-order valence-corrected chi connectivity index (χ0v) is 10.6. The second kappa shape index (κ2) is 3.83. The van der Waals surface area contributed by atoms with Gasteiger partial charge in [0.05, 0.1) is 10.4 Å².